The number of hydrogen-bond donors (Lipinski definition) is 1. The molecule has 0 aliphatic rings. The van der Waals surface area contributed by atoms with Crippen molar-refractivity contribution in [2.75, 3.05) is 5.73 Å². The lowest BCUT2D eigenvalue weighted by Crippen LogP contribution is -2.09. The first-order valence-corrected chi connectivity index (χ1v) is 7.57. The minimum atomic E-state index is -4.40. The Labute approximate surface area is 144 Å². The van der Waals surface area contributed by atoms with E-state index in [-0.39, 0.29) is 12.5 Å². The second-order valence-corrected chi connectivity index (χ2v) is 5.59. The molecule has 4 aromatic rings. The Hall–Kier alpha value is -3.43. The van der Waals surface area contributed by atoms with Crippen LogP contribution in [0.5, 0.6) is 0 Å². The number of nitrogens with two attached hydrogens (primary N) is 1. The van der Waals surface area contributed by atoms with Crippen LogP contribution in [0.3, 0.4) is 0 Å². The number of halogens is 3. The second kappa shape index (κ2) is 5.83. The van der Waals surface area contributed by atoms with Gasteiger partial charge >= 0.3 is 6.18 Å². The normalized spacial score (nSPS) is 12.0. The average Bonchev–Trinajstić information content (AvgIpc) is 3.24. The van der Waals surface area contributed by atoms with E-state index < -0.39 is 11.7 Å². The molecule has 0 spiro atoms. The number of anilines is 1. The van der Waals surface area contributed by atoms with Gasteiger partial charge in [0.2, 0.25) is 5.95 Å². The number of nitrogen functional groups attached to an aromatic ring is 1. The van der Waals surface area contributed by atoms with Crippen molar-refractivity contribution in [1.82, 2.24) is 29.5 Å². The predicted molar refractivity (Wildman–Crippen MR) is 87.4 cm³/mol. The molecule has 0 fully saturated rings. The summed E-state index contributed by atoms with van der Waals surface area (Å²) in [4.78, 5) is 8.35. The minimum Gasteiger partial charge on any atom is -0.368 e. The fraction of sp³-hybridized carbons (Fsp3) is 0.125. The molecule has 0 radical (unpaired) electrons. The molecule has 3 heterocycles. The van der Waals surface area contributed by atoms with Gasteiger partial charge in [-0.05, 0) is 23.8 Å². The number of fused-ring (bicyclic) bond motifs is 1. The molecule has 0 aliphatic heterocycles. The summed E-state index contributed by atoms with van der Waals surface area (Å²) in [6.45, 7) is 0.114. The summed E-state index contributed by atoms with van der Waals surface area (Å²) in [6.07, 6.45) is 0.435. The van der Waals surface area contributed by atoms with Gasteiger partial charge in [-0.3, -0.25) is 0 Å². The van der Waals surface area contributed by atoms with Crippen molar-refractivity contribution in [2.24, 2.45) is 0 Å². The molecule has 1 aromatic carbocycles. The van der Waals surface area contributed by atoms with E-state index >= 15 is 0 Å². The summed E-state index contributed by atoms with van der Waals surface area (Å²) in [7, 11) is 0. The van der Waals surface area contributed by atoms with E-state index in [2.05, 4.69) is 20.2 Å². The highest BCUT2D eigenvalue weighted by Gasteiger charge is 2.30. The lowest BCUT2D eigenvalue weighted by molar-refractivity contribution is -0.137. The van der Waals surface area contributed by atoms with Crippen LogP contribution < -0.4 is 5.73 Å². The highest BCUT2D eigenvalue weighted by molar-refractivity contribution is 5.83. The van der Waals surface area contributed by atoms with Crippen molar-refractivity contribution in [2.45, 2.75) is 12.7 Å². The van der Waals surface area contributed by atoms with E-state index in [1.807, 2.05) is 0 Å². The Balaban J connectivity index is 1.77. The Morgan fingerprint density at radius 3 is 2.65 bits per heavy atom. The Bertz CT molecular complexity index is 1070. The minimum absolute atomic E-state index is 0.0220. The summed E-state index contributed by atoms with van der Waals surface area (Å²) in [6, 6.07) is 6.81. The number of rotatable bonds is 3. The van der Waals surface area contributed by atoms with Crippen LogP contribution in [0.15, 0.2) is 48.9 Å². The van der Waals surface area contributed by atoms with Gasteiger partial charge in [-0.25, -0.2) is 9.36 Å². The molecule has 7 nitrogen and oxygen atoms in total. The number of alkyl halides is 3. The summed E-state index contributed by atoms with van der Waals surface area (Å²) in [5.74, 6) is 0.474. The van der Waals surface area contributed by atoms with Crippen molar-refractivity contribution < 1.29 is 13.2 Å². The van der Waals surface area contributed by atoms with Crippen LogP contribution in [-0.2, 0) is 12.7 Å². The fourth-order valence-corrected chi connectivity index (χ4v) is 2.66. The van der Waals surface area contributed by atoms with Crippen molar-refractivity contribution in [3.05, 3.63) is 60.0 Å². The van der Waals surface area contributed by atoms with Crippen molar-refractivity contribution >= 4 is 17.0 Å². The molecule has 0 bridgehead atoms. The molecular formula is C16H12F3N7. The molecule has 4 rings (SSSR count). The Kier molecular flexibility index (Phi) is 3.60. The number of hydrogen-bond acceptors (Lipinski definition) is 5. The molecule has 10 heteroatoms. The first-order valence-electron chi connectivity index (χ1n) is 7.57. The van der Waals surface area contributed by atoms with Crippen molar-refractivity contribution in [3.63, 3.8) is 0 Å². The molecule has 0 atom stereocenters. The lowest BCUT2D eigenvalue weighted by Gasteiger charge is -2.09. The molecule has 0 unspecified atom stereocenters. The third-order valence-corrected chi connectivity index (χ3v) is 3.80. The first kappa shape index (κ1) is 16.1. The molecular weight excluding hydrogens is 347 g/mol. The summed E-state index contributed by atoms with van der Waals surface area (Å²) < 4.78 is 41.7. The molecule has 26 heavy (non-hydrogen) atoms. The molecule has 2 N–H and O–H groups in total. The van der Waals surface area contributed by atoms with Gasteiger partial charge in [0.05, 0.1) is 23.7 Å². The van der Waals surface area contributed by atoms with E-state index in [4.69, 9.17) is 5.73 Å². The Morgan fingerprint density at radius 2 is 1.92 bits per heavy atom. The maximum atomic E-state index is 12.9. The zero-order valence-corrected chi connectivity index (χ0v) is 13.2. The van der Waals surface area contributed by atoms with Crippen molar-refractivity contribution in [1.29, 1.82) is 0 Å². The van der Waals surface area contributed by atoms with Crippen LogP contribution in [0.25, 0.3) is 16.9 Å². The smallest absolute Gasteiger partial charge is 0.368 e. The van der Waals surface area contributed by atoms with Gasteiger partial charge in [0.15, 0.2) is 11.5 Å². The fourth-order valence-electron chi connectivity index (χ4n) is 2.66. The second-order valence-electron chi connectivity index (χ2n) is 5.59. The number of aromatic nitrogens is 6. The highest BCUT2D eigenvalue weighted by Crippen LogP contribution is 2.30. The third kappa shape index (κ3) is 2.85. The molecule has 0 saturated carbocycles. The summed E-state index contributed by atoms with van der Waals surface area (Å²) in [5, 5.41) is 8.94. The Morgan fingerprint density at radius 1 is 1.08 bits per heavy atom. The van der Waals surface area contributed by atoms with Crippen LogP contribution in [0.1, 0.15) is 11.1 Å². The lowest BCUT2D eigenvalue weighted by atomic mass is 10.1. The van der Waals surface area contributed by atoms with Crippen LogP contribution in [0.4, 0.5) is 19.1 Å². The van der Waals surface area contributed by atoms with Gasteiger partial charge in [0.25, 0.3) is 0 Å². The SMILES string of the molecule is Nc1nc(-n2cccn2)c2cnn(Cc3cccc(C(F)(F)F)c3)c2n1. The monoisotopic (exact) mass is 359 g/mol. The van der Waals surface area contributed by atoms with E-state index in [1.54, 1.807) is 30.7 Å². The van der Waals surface area contributed by atoms with E-state index in [0.717, 1.165) is 12.1 Å². The van der Waals surface area contributed by atoms with Crippen LogP contribution in [-0.4, -0.2) is 29.5 Å². The van der Waals surface area contributed by atoms with Gasteiger partial charge in [-0.1, -0.05) is 12.1 Å². The van der Waals surface area contributed by atoms with Crippen LogP contribution in [0.2, 0.25) is 0 Å². The molecule has 3 aromatic heterocycles. The average molecular weight is 359 g/mol. The molecule has 0 saturated heterocycles. The molecule has 0 amide bonds. The van der Waals surface area contributed by atoms with E-state index in [1.165, 1.54) is 15.4 Å². The van der Waals surface area contributed by atoms with E-state index in [9.17, 15) is 13.2 Å². The van der Waals surface area contributed by atoms with Gasteiger partial charge in [-0.15, -0.1) is 0 Å². The maximum absolute atomic E-state index is 12.9. The summed E-state index contributed by atoms with van der Waals surface area (Å²) in [5.41, 5.74) is 5.93. The van der Waals surface area contributed by atoms with Gasteiger partial charge in [-0.2, -0.15) is 33.3 Å². The number of benzene rings is 1. The molecule has 0 aliphatic carbocycles. The predicted octanol–water partition coefficient (Wildman–Crippen LogP) is 2.66. The van der Waals surface area contributed by atoms with Crippen LogP contribution in [0, 0.1) is 0 Å². The van der Waals surface area contributed by atoms with Gasteiger partial charge in [0.1, 0.15) is 0 Å². The zero-order valence-electron chi connectivity index (χ0n) is 13.2. The largest absolute Gasteiger partial charge is 0.416 e. The standard InChI is InChI=1S/C16H12F3N7/c17-16(18,19)11-4-1-3-10(7-11)9-26-14-12(8-22-26)13(23-15(20)24-14)25-6-2-5-21-25/h1-8H,9H2,(H2,20,23,24). The number of nitrogens with zero attached hydrogens (tertiary/aromatic N) is 6. The van der Waals surface area contributed by atoms with Crippen LogP contribution >= 0.6 is 0 Å². The topological polar surface area (TPSA) is 87.4 Å². The van der Waals surface area contributed by atoms with Gasteiger partial charge in [0, 0.05) is 12.4 Å². The third-order valence-electron chi connectivity index (χ3n) is 3.80. The maximum Gasteiger partial charge on any atom is 0.416 e. The van der Waals surface area contributed by atoms with Crippen molar-refractivity contribution in [3.8, 4) is 5.82 Å². The molecule has 132 valence electrons. The highest BCUT2D eigenvalue weighted by atomic mass is 19.4. The van der Waals surface area contributed by atoms with E-state index in [0.29, 0.717) is 22.4 Å². The zero-order chi connectivity index (χ0) is 18.3. The summed E-state index contributed by atoms with van der Waals surface area (Å²) >= 11 is 0. The first-order chi connectivity index (χ1) is 12.4. The van der Waals surface area contributed by atoms with Gasteiger partial charge < -0.3 is 5.73 Å². The quantitative estimate of drug-likeness (QED) is 0.608.